The number of hydrogen-bond donors (Lipinski definition) is 3. The van der Waals surface area contributed by atoms with Gasteiger partial charge in [0.25, 0.3) is 0 Å². The van der Waals surface area contributed by atoms with Crippen molar-refractivity contribution in [2.24, 2.45) is 23.2 Å². The molecule has 2 aliphatic carbocycles. The summed E-state index contributed by atoms with van der Waals surface area (Å²) in [4.78, 5) is 14.6. The number of ether oxygens (including phenoxy) is 1. The Labute approximate surface area is 169 Å². The monoisotopic (exact) mass is 394 g/mol. The molecule has 6 heteroatoms. The van der Waals surface area contributed by atoms with Gasteiger partial charge in [0, 0.05) is 25.6 Å². The van der Waals surface area contributed by atoms with Gasteiger partial charge in [-0.1, -0.05) is 19.1 Å². The third-order valence-electron chi connectivity index (χ3n) is 7.34. The van der Waals surface area contributed by atoms with Crippen molar-refractivity contribution in [2.45, 2.75) is 51.6 Å². The topological polar surface area (TPSA) is 82.0 Å². The van der Waals surface area contributed by atoms with Gasteiger partial charge in [-0.05, 0) is 62.9 Å². The number of rotatable bonds is 10. The second kappa shape index (κ2) is 9.70. The average Bonchev–Trinajstić information content (AvgIpc) is 2.94. The molecule has 0 aromatic carbocycles. The first-order chi connectivity index (χ1) is 13.5. The average molecular weight is 395 g/mol. The standard InChI is InChI=1S/C22H38N2O4/c1-16-5-3-6-22(2)14-20-17(13-19(16)22)18(21(27)28-20)15-23-7-4-8-24(9-11-25)10-12-26/h17-20,23,25-26H,1,3-15H2,2H3/t17-,18?,19?,20-,22-/m1/s1. The van der Waals surface area contributed by atoms with Gasteiger partial charge in [0.15, 0.2) is 0 Å². The zero-order valence-corrected chi connectivity index (χ0v) is 17.4. The number of fused-ring (bicyclic) bond motifs is 2. The predicted molar refractivity (Wildman–Crippen MR) is 109 cm³/mol. The second-order valence-electron chi connectivity index (χ2n) is 9.25. The molecule has 1 saturated heterocycles. The maximum absolute atomic E-state index is 12.5. The maximum atomic E-state index is 12.5. The zero-order valence-electron chi connectivity index (χ0n) is 17.4. The van der Waals surface area contributed by atoms with Crippen molar-refractivity contribution >= 4 is 5.97 Å². The molecule has 0 aromatic heterocycles. The summed E-state index contributed by atoms with van der Waals surface area (Å²) in [7, 11) is 0. The Hall–Kier alpha value is -0.950. The van der Waals surface area contributed by atoms with Gasteiger partial charge in [0.2, 0.25) is 0 Å². The molecule has 1 heterocycles. The lowest BCUT2D eigenvalue weighted by molar-refractivity contribution is -0.146. The van der Waals surface area contributed by atoms with Gasteiger partial charge >= 0.3 is 5.97 Å². The molecule has 0 amide bonds. The molecule has 0 spiro atoms. The number of carbonyl (C=O) groups excluding carboxylic acids is 1. The van der Waals surface area contributed by atoms with E-state index in [1.54, 1.807) is 0 Å². The van der Waals surface area contributed by atoms with Gasteiger partial charge < -0.3 is 20.3 Å². The number of aliphatic hydroxyl groups excluding tert-OH is 2. The van der Waals surface area contributed by atoms with Gasteiger partial charge in [-0.25, -0.2) is 0 Å². The highest BCUT2D eigenvalue weighted by molar-refractivity contribution is 5.75. The highest BCUT2D eigenvalue weighted by atomic mass is 16.6. The van der Waals surface area contributed by atoms with Crippen LogP contribution in [0.2, 0.25) is 0 Å². The lowest BCUT2D eigenvalue weighted by Gasteiger charge is -2.50. The fourth-order valence-electron chi connectivity index (χ4n) is 5.79. The Morgan fingerprint density at radius 3 is 2.75 bits per heavy atom. The fourth-order valence-corrected chi connectivity index (χ4v) is 5.79. The molecule has 6 nitrogen and oxygen atoms in total. The summed E-state index contributed by atoms with van der Waals surface area (Å²) >= 11 is 0. The van der Waals surface area contributed by atoms with Crippen molar-refractivity contribution < 1.29 is 19.7 Å². The van der Waals surface area contributed by atoms with E-state index >= 15 is 0 Å². The first-order valence-corrected chi connectivity index (χ1v) is 11.0. The molecule has 0 bridgehead atoms. The quantitative estimate of drug-likeness (QED) is 0.296. The highest BCUT2D eigenvalue weighted by Crippen LogP contribution is 2.56. The number of nitrogens with one attached hydrogen (secondary N) is 1. The normalized spacial score (nSPS) is 35.0. The van der Waals surface area contributed by atoms with Crippen LogP contribution in [0.25, 0.3) is 0 Å². The molecule has 2 unspecified atom stereocenters. The number of carbonyl (C=O) groups is 1. The summed E-state index contributed by atoms with van der Waals surface area (Å²) in [5.41, 5.74) is 1.63. The van der Waals surface area contributed by atoms with Crippen molar-refractivity contribution in [1.82, 2.24) is 10.2 Å². The van der Waals surface area contributed by atoms with Crippen LogP contribution in [0.4, 0.5) is 0 Å². The summed E-state index contributed by atoms with van der Waals surface area (Å²) in [6, 6.07) is 0. The summed E-state index contributed by atoms with van der Waals surface area (Å²) in [6.07, 6.45) is 6.60. The Balaban J connectivity index is 1.47. The van der Waals surface area contributed by atoms with Crippen LogP contribution < -0.4 is 5.32 Å². The number of nitrogens with zero attached hydrogens (tertiary/aromatic N) is 1. The van der Waals surface area contributed by atoms with E-state index in [0.29, 0.717) is 31.5 Å². The molecular formula is C22H38N2O4. The Morgan fingerprint density at radius 2 is 2.04 bits per heavy atom. The van der Waals surface area contributed by atoms with Crippen LogP contribution >= 0.6 is 0 Å². The number of allylic oxidation sites excluding steroid dienone is 1. The lowest BCUT2D eigenvalue weighted by atomic mass is 9.55. The third kappa shape index (κ3) is 4.78. The van der Waals surface area contributed by atoms with E-state index in [0.717, 1.165) is 38.8 Å². The van der Waals surface area contributed by atoms with E-state index in [4.69, 9.17) is 14.9 Å². The molecule has 0 aromatic rings. The zero-order chi connectivity index (χ0) is 20.1. The van der Waals surface area contributed by atoms with Crippen molar-refractivity contribution in [3.05, 3.63) is 12.2 Å². The molecule has 0 radical (unpaired) electrons. The van der Waals surface area contributed by atoms with Gasteiger partial charge in [-0.3, -0.25) is 9.69 Å². The van der Waals surface area contributed by atoms with E-state index in [1.807, 2.05) is 0 Å². The smallest absolute Gasteiger partial charge is 0.310 e. The van der Waals surface area contributed by atoms with E-state index in [9.17, 15) is 4.79 Å². The summed E-state index contributed by atoms with van der Waals surface area (Å²) in [5.74, 6) is 0.769. The van der Waals surface area contributed by atoms with Crippen molar-refractivity contribution in [3.8, 4) is 0 Å². The molecule has 3 fully saturated rings. The summed E-state index contributed by atoms with van der Waals surface area (Å²) < 4.78 is 5.81. The van der Waals surface area contributed by atoms with Gasteiger partial charge in [0.1, 0.15) is 6.10 Å². The van der Waals surface area contributed by atoms with Crippen molar-refractivity contribution in [2.75, 3.05) is 45.9 Å². The van der Waals surface area contributed by atoms with E-state index in [2.05, 4.69) is 23.7 Å². The van der Waals surface area contributed by atoms with Gasteiger partial charge in [-0.15, -0.1) is 0 Å². The first-order valence-electron chi connectivity index (χ1n) is 11.0. The number of esters is 1. The van der Waals surface area contributed by atoms with Crippen molar-refractivity contribution in [3.63, 3.8) is 0 Å². The summed E-state index contributed by atoms with van der Waals surface area (Å²) in [5, 5.41) is 21.6. The van der Waals surface area contributed by atoms with Crippen LogP contribution in [0.15, 0.2) is 12.2 Å². The molecule has 2 saturated carbocycles. The van der Waals surface area contributed by atoms with E-state index < -0.39 is 0 Å². The van der Waals surface area contributed by atoms with E-state index in [-0.39, 0.29) is 36.6 Å². The number of aliphatic hydroxyl groups is 2. The second-order valence-corrected chi connectivity index (χ2v) is 9.25. The minimum absolute atomic E-state index is 0.0300. The molecule has 3 aliphatic rings. The lowest BCUT2D eigenvalue weighted by Crippen LogP contribution is -2.45. The minimum atomic E-state index is -0.0461. The molecule has 3 N–H and O–H groups in total. The molecule has 160 valence electrons. The Morgan fingerprint density at radius 1 is 1.29 bits per heavy atom. The minimum Gasteiger partial charge on any atom is -0.462 e. The van der Waals surface area contributed by atoms with Gasteiger partial charge in [-0.2, -0.15) is 0 Å². The first kappa shape index (κ1) is 21.8. The SMILES string of the molecule is C=C1CCC[C@]2(C)C[C@H]3OC(=O)C(CNCCCN(CCO)CCO)[C@H]3CC12. The molecule has 1 aliphatic heterocycles. The van der Waals surface area contributed by atoms with Crippen LogP contribution in [-0.2, 0) is 9.53 Å². The molecule has 3 rings (SSSR count). The largest absolute Gasteiger partial charge is 0.462 e. The van der Waals surface area contributed by atoms with Crippen LogP contribution in [0.5, 0.6) is 0 Å². The molecule has 5 atom stereocenters. The van der Waals surface area contributed by atoms with Crippen LogP contribution in [0.3, 0.4) is 0 Å². The maximum Gasteiger partial charge on any atom is 0.310 e. The third-order valence-corrected chi connectivity index (χ3v) is 7.34. The van der Waals surface area contributed by atoms with Crippen LogP contribution in [0.1, 0.15) is 45.4 Å². The molecule has 28 heavy (non-hydrogen) atoms. The molecular weight excluding hydrogens is 356 g/mol. The van der Waals surface area contributed by atoms with Crippen molar-refractivity contribution in [1.29, 1.82) is 0 Å². The number of hydrogen-bond acceptors (Lipinski definition) is 6. The predicted octanol–water partition coefficient (Wildman–Crippen LogP) is 1.57. The van der Waals surface area contributed by atoms with Gasteiger partial charge in [0.05, 0.1) is 19.1 Å². The van der Waals surface area contributed by atoms with E-state index in [1.165, 1.54) is 18.4 Å². The summed E-state index contributed by atoms with van der Waals surface area (Å²) in [6.45, 7) is 10.4. The highest BCUT2D eigenvalue weighted by Gasteiger charge is 2.54. The Kier molecular flexibility index (Phi) is 7.54. The fraction of sp³-hybridized carbons (Fsp3) is 0.864. The Bertz CT molecular complexity index is 549. The van der Waals surface area contributed by atoms with Crippen LogP contribution in [0, 0.1) is 23.2 Å². The van der Waals surface area contributed by atoms with Crippen LogP contribution in [-0.4, -0.2) is 73.1 Å².